The lowest BCUT2D eigenvalue weighted by molar-refractivity contribution is -0.150. The molecule has 5 heteroatoms. The quantitative estimate of drug-likeness (QED) is 0.855. The molecular weight excluding hydrogens is 267 g/mol. The molecule has 1 aromatic carbocycles. The molecular formula is C10H10BrFO3. The number of ether oxygens (including phenoxy) is 1. The molecule has 0 saturated carbocycles. The van der Waals surface area contributed by atoms with E-state index in [0.29, 0.717) is 4.47 Å². The lowest BCUT2D eigenvalue weighted by Crippen LogP contribution is -2.24. The van der Waals surface area contributed by atoms with Crippen molar-refractivity contribution in [3.05, 3.63) is 34.1 Å². The number of carbonyl (C=O) groups is 1. The van der Waals surface area contributed by atoms with E-state index < -0.39 is 17.9 Å². The fourth-order valence-corrected chi connectivity index (χ4v) is 1.64. The Morgan fingerprint density at radius 2 is 2.33 bits per heavy atom. The largest absolute Gasteiger partial charge is 0.467 e. The van der Waals surface area contributed by atoms with E-state index >= 15 is 0 Å². The van der Waals surface area contributed by atoms with Crippen molar-refractivity contribution in [1.29, 1.82) is 0 Å². The van der Waals surface area contributed by atoms with Gasteiger partial charge < -0.3 is 9.84 Å². The maximum atomic E-state index is 13.3. The van der Waals surface area contributed by atoms with Crippen molar-refractivity contribution >= 4 is 21.9 Å². The Balaban J connectivity index is 2.85. The lowest BCUT2D eigenvalue weighted by atomic mass is 10.1. The van der Waals surface area contributed by atoms with Crippen molar-refractivity contribution in [1.82, 2.24) is 0 Å². The van der Waals surface area contributed by atoms with Crippen molar-refractivity contribution in [3.63, 3.8) is 0 Å². The number of halogens is 2. The number of methoxy groups -OCH3 is 1. The van der Waals surface area contributed by atoms with Crippen molar-refractivity contribution in [2.24, 2.45) is 0 Å². The monoisotopic (exact) mass is 276 g/mol. The van der Waals surface area contributed by atoms with Gasteiger partial charge in [0.2, 0.25) is 0 Å². The van der Waals surface area contributed by atoms with E-state index in [-0.39, 0.29) is 12.0 Å². The second-order valence-electron chi connectivity index (χ2n) is 2.94. The minimum Gasteiger partial charge on any atom is -0.467 e. The first-order valence-electron chi connectivity index (χ1n) is 4.25. The minimum atomic E-state index is -1.34. The summed E-state index contributed by atoms with van der Waals surface area (Å²) in [6, 6.07) is 4.44. The molecule has 0 aliphatic rings. The SMILES string of the molecule is COC(=O)C(O)Cc1c(F)cccc1Br. The van der Waals surface area contributed by atoms with E-state index in [9.17, 15) is 14.3 Å². The number of aliphatic hydroxyl groups excluding tert-OH is 1. The van der Waals surface area contributed by atoms with Crippen LogP contribution in [0.15, 0.2) is 22.7 Å². The van der Waals surface area contributed by atoms with Crippen LogP contribution in [0.3, 0.4) is 0 Å². The molecule has 1 atom stereocenters. The third kappa shape index (κ3) is 3.00. The van der Waals surface area contributed by atoms with E-state index in [1.54, 1.807) is 6.07 Å². The van der Waals surface area contributed by atoms with Gasteiger partial charge in [0.15, 0.2) is 6.10 Å². The Morgan fingerprint density at radius 3 is 2.87 bits per heavy atom. The fraction of sp³-hybridized carbons (Fsp3) is 0.300. The molecule has 0 heterocycles. The molecule has 0 aliphatic carbocycles. The molecule has 3 nitrogen and oxygen atoms in total. The van der Waals surface area contributed by atoms with Crippen molar-refractivity contribution in [3.8, 4) is 0 Å². The molecule has 1 unspecified atom stereocenters. The van der Waals surface area contributed by atoms with Crippen LogP contribution in [0.4, 0.5) is 4.39 Å². The summed E-state index contributed by atoms with van der Waals surface area (Å²) in [6.07, 6.45) is -1.46. The molecule has 1 rings (SSSR count). The molecule has 1 aromatic rings. The Hall–Kier alpha value is -0.940. The predicted octanol–water partition coefficient (Wildman–Crippen LogP) is 1.66. The number of esters is 1. The highest BCUT2D eigenvalue weighted by molar-refractivity contribution is 9.10. The Kier molecular flexibility index (Phi) is 4.23. The van der Waals surface area contributed by atoms with Gasteiger partial charge in [-0.1, -0.05) is 22.0 Å². The normalized spacial score (nSPS) is 12.3. The second kappa shape index (κ2) is 5.23. The number of hydrogen-bond donors (Lipinski definition) is 1. The van der Waals surface area contributed by atoms with Gasteiger partial charge >= 0.3 is 5.97 Å². The number of benzene rings is 1. The summed E-state index contributed by atoms with van der Waals surface area (Å²) in [6.45, 7) is 0. The molecule has 0 spiro atoms. The van der Waals surface area contributed by atoms with Gasteiger partial charge in [0, 0.05) is 16.5 Å². The van der Waals surface area contributed by atoms with Crippen LogP contribution in [0.1, 0.15) is 5.56 Å². The number of aliphatic hydroxyl groups is 1. The van der Waals surface area contributed by atoms with Gasteiger partial charge in [0.25, 0.3) is 0 Å². The van der Waals surface area contributed by atoms with E-state index in [2.05, 4.69) is 20.7 Å². The highest BCUT2D eigenvalue weighted by Crippen LogP contribution is 2.21. The summed E-state index contributed by atoms with van der Waals surface area (Å²) in [7, 11) is 1.17. The second-order valence-corrected chi connectivity index (χ2v) is 3.80. The molecule has 0 aliphatic heterocycles. The Morgan fingerprint density at radius 1 is 1.67 bits per heavy atom. The minimum absolute atomic E-state index is 0.111. The number of rotatable bonds is 3. The van der Waals surface area contributed by atoms with Crippen LogP contribution < -0.4 is 0 Å². The van der Waals surface area contributed by atoms with Gasteiger partial charge in [-0.15, -0.1) is 0 Å². The van der Waals surface area contributed by atoms with Crippen LogP contribution in [0, 0.1) is 5.82 Å². The summed E-state index contributed by atoms with van der Waals surface area (Å²) in [4.78, 5) is 10.9. The van der Waals surface area contributed by atoms with Crippen molar-refractivity contribution in [2.45, 2.75) is 12.5 Å². The van der Waals surface area contributed by atoms with Crippen LogP contribution in [0.2, 0.25) is 0 Å². The van der Waals surface area contributed by atoms with Crippen LogP contribution in [0.5, 0.6) is 0 Å². The zero-order chi connectivity index (χ0) is 11.4. The predicted molar refractivity (Wildman–Crippen MR) is 55.8 cm³/mol. The summed E-state index contributed by atoms with van der Waals surface area (Å²) in [5.41, 5.74) is 0.260. The first kappa shape index (κ1) is 12.1. The Labute approximate surface area is 95.0 Å². The van der Waals surface area contributed by atoms with Gasteiger partial charge in [-0.05, 0) is 12.1 Å². The smallest absolute Gasteiger partial charge is 0.335 e. The van der Waals surface area contributed by atoms with Crippen molar-refractivity contribution < 1.29 is 19.0 Å². The van der Waals surface area contributed by atoms with Gasteiger partial charge in [-0.3, -0.25) is 0 Å². The molecule has 0 fully saturated rings. The van der Waals surface area contributed by atoms with Crippen LogP contribution >= 0.6 is 15.9 Å². The lowest BCUT2D eigenvalue weighted by Gasteiger charge is -2.10. The van der Waals surface area contributed by atoms with E-state index in [4.69, 9.17) is 0 Å². The molecule has 0 amide bonds. The molecule has 0 bridgehead atoms. The maximum Gasteiger partial charge on any atom is 0.335 e. The molecule has 15 heavy (non-hydrogen) atoms. The molecule has 0 saturated heterocycles. The zero-order valence-corrected chi connectivity index (χ0v) is 9.62. The third-order valence-corrected chi connectivity index (χ3v) is 2.68. The van der Waals surface area contributed by atoms with E-state index in [1.807, 2.05) is 0 Å². The highest BCUT2D eigenvalue weighted by Gasteiger charge is 2.19. The third-order valence-electron chi connectivity index (χ3n) is 1.93. The average molecular weight is 277 g/mol. The van der Waals surface area contributed by atoms with Crippen LogP contribution in [0.25, 0.3) is 0 Å². The van der Waals surface area contributed by atoms with E-state index in [0.717, 1.165) is 0 Å². The summed E-state index contributed by atoms with van der Waals surface area (Å²) in [5.74, 6) is -1.24. The summed E-state index contributed by atoms with van der Waals surface area (Å²) >= 11 is 3.14. The first-order valence-corrected chi connectivity index (χ1v) is 5.04. The maximum absolute atomic E-state index is 13.3. The standard InChI is InChI=1S/C10H10BrFO3/c1-15-10(14)9(13)5-6-7(11)3-2-4-8(6)12/h2-4,9,13H,5H2,1H3. The summed E-state index contributed by atoms with van der Waals surface area (Å²) < 4.78 is 18.1. The fourth-order valence-electron chi connectivity index (χ4n) is 1.14. The number of hydrogen-bond acceptors (Lipinski definition) is 3. The molecule has 1 N–H and O–H groups in total. The first-order chi connectivity index (χ1) is 7.06. The molecule has 0 radical (unpaired) electrons. The van der Waals surface area contributed by atoms with Crippen LogP contribution in [-0.2, 0) is 16.0 Å². The zero-order valence-electron chi connectivity index (χ0n) is 8.04. The van der Waals surface area contributed by atoms with Crippen molar-refractivity contribution in [2.75, 3.05) is 7.11 Å². The molecule has 0 aromatic heterocycles. The van der Waals surface area contributed by atoms with Gasteiger partial charge in [-0.25, -0.2) is 9.18 Å². The topological polar surface area (TPSA) is 46.5 Å². The average Bonchev–Trinajstić information content (AvgIpc) is 2.22. The van der Waals surface area contributed by atoms with Gasteiger partial charge in [-0.2, -0.15) is 0 Å². The van der Waals surface area contributed by atoms with Crippen LogP contribution in [-0.4, -0.2) is 24.3 Å². The summed E-state index contributed by atoms with van der Waals surface area (Å²) in [5, 5.41) is 9.36. The molecule has 82 valence electrons. The Bertz CT molecular complexity index is 347. The number of carbonyl (C=O) groups excluding carboxylic acids is 1. The van der Waals surface area contributed by atoms with Gasteiger partial charge in [0.05, 0.1) is 7.11 Å². The van der Waals surface area contributed by atoms with Gasteiger partial charge in [0.1, 0.15) is 5.82 Å². The van der Waals surface area contributed by atoms with E-state index in [1.165, 1.54) is 19.2 Å². The highest BCUT2D eigenvalue weighted by atomic mass is 79.9.